The number of ketones is 1. The van der Waals surface area contributed by atoms with Crippen molar-refractivity contribution >= 4 is 23.1 Å². The number of carboxylic acids is 1. The molecule has 1 heterocycles. The summed E-state index contributed by atoms with van der Waals surface area (Å²) in [7, 11) is 0. The maximum Gasteiger partial charge on any atom is 0.347 e. The largest absolute Gasteiger partial charge is 0.477 e. The van der Waals surface area contributed by atoms with E-state index < -0.39 is 5.97 Å². The smallest absolute Gasteiger partial charge is 0.347 e. The van der Waals surface area contributed by atoms with Gasteiger partial charge in [0.15, 0.2) is 10.8 Å². The third-order valence-electron chi connectivity index (χ3n) is 1.71. The Bertz CT molecular complexity index is 370. The van der Waals surface area contributed by atoms with E-state index in [9.17, 15) is 9.59 Å². The Kier molecular flexibility index (Phi) is 3.35. The van der Waals surface area contributed by atoms with Gasteiger partial charge < -0.3 is 5.11 Å². The molecule has 0 bridgehead atoms. The molecule has 1 N–H and O–H groups in total. The normalized spacial score (nSPS) is 10.1. The summed E-state index contributed by atoms with van der Waals surface area (Å²) >= 11 is 0.955. The van der Waals surface area contributed by atoms with Gasteiger partial charge in [0.05, 0.1) is 5.69 Å². The molecule has 1 rings (SSSR count). The van der Waals surface area contributed by atoms with E-state index in [0.717, 1.165) is 17.8 Å². The highest BCUT2D eigenvalue weighted by molar-refractivity contribution is 7.15. The SMILES string of the molecule is CCCC(=O)c1nc(C)c(C(=O)O)s1. The maximum atomic E-state index is 11.4. The number of thiazole rings is 1. The second-order valence-corrected chi connectivity index (χ2v) is 3.91. The summed E-state index contributed by atoms with van der Waals surface area (Å²) in [5.41, 5.74) is 0.418. The molecule has 0 aliphatic rings. The number of nitrogens with zero attached hydrogens (tertiary/aromatic N) is 1. The monoisotopic (exact) mass is 213 g/mol. The quantitative estimate of drug-likeness (QED) is 0.778. The molecule has 14 heavy (non-hydrogen) atoms. The molecule has 4 nitrogen and oxygen atoms in total. The maximum absolute atomic E-state index is 11.4. The molecule has 5 heteroatoms. The zero-order valence-corrected chi connectivity index (χ0v) is 8.85. The van der Waals surface area contributed by atoms with Gasteiger partial charge >= 0.3 is 5.97 Å². The second kappa shape index (κ2) is 4.32. The zero-order chi connectivity index (χ0) is 10.7. The lowest BCUT2D eigenvalue weighted by atomic mass is 10.2. The second-order valence-electron chi connectivity index (χ2n) is 2.91. The third-order valence-corrected chi connectivity index (χ3v) is 2.89. The summed E-state index contributed by atoms with van der Waals surface area (Å²) in [6.45, 7) is 3.50. The zero-order valence-electron chi connectivity index (χ0n) is 8.03. The fourth-order valence-electron chi connectivity index (χ4n) is 1.05. The van der Waals surface area contributed by atoms with Crippen LogP contribution in [0.1, 0.15) is 44.9 Å². The van der Waals surface area contributed by atoms with Crippen molar-refractivity contribution in [3.8, 4) is 0 Å². The first kappa shape index (κ1) is 10.8. The Morgan fingerprint density at radius 3 is 2.57 bits per heavy atom. The minimum atomic E-state index is -1.02. The number of rotatable bonds is 4. The van der Waals surface area contributed by atoms with Crippen molar-refractivity contribution in [1.82, 2.24) is 4.98 Å². The fourth-order valence-corrected chi connectivity index (χ4v) is 1.92. The summed E-state index contributed by atoms with van der Waals surface area (Å²) in [5.74, 6) is -1.09. The predicted molar refractivity (Wildman–Crippen MR) is 53.0 cm³/mol. The van der Waals surface area contributed by atoms with Gasteiger partial charge in [0, 0.05) is 6.42 Å². The van der Waals surface area contributed by atoms with Crippen LogP contribution in [0.2, 0.25) is 0 Å². The van der Waals surface area contributed by atoms with E-state index in [1.165, 1.54) is 0 Å². The number of hydrogen-bond acceptors (Lipinski definition) is 4. The fraction of sp³-hybridized carbons (Fsp3) is 0.444. The summed E-state index contributed by atoms with van der Waals surface area (Å²) in [6.07, 6.45) is 1.17. The Labute approximate surface area is 85.6 Å². The summed E-state index contributed by atoms with van der Waals surface area (Å²) in [5, 5.41) is 9.06. The lowest BCUT2D eigenvalue weighted by molar-refractivity contribution is 0.0701. The molecule has 76 valence electrons. The molecule has 0 fully saturated rings. The van der Waals surface area contributed by atoms with Crippen LogP contribution < -0.4 is 0 Å². The molecule has 0 unspecified atom stereocenters. The van der Waals surface area contributed by atoms with Gasteiger partial charge in [0.1, 0.15) is 4.88 Å². The van der Waals surface area contributed by atoms with Crippen molar-refractivity contribution in [3.05, 3.63) is 15.6 Å². The number of aromatic nitrogens is 1. The van der Waals surface area contributed by atoms with Crippen molar-refractivity contribution in [2.24, 2.45) is 0 Å². The van der Waals surface area contributed by atoms with Crippen molar-refractivity contribution in [2.75, 3.05) is 0 Å². The summed E-state index contributed by atoms with van der Waals surface area (Å²) in [6, 6.07) is 0. The van der Waals surface area contributed by atoms with Gasteiger partial charge in [-0.3, -0.25) is 4.79 Å². The van der Waals surface area contributed by atoms with E-state index in [0.29, 0.717) is 17.1 Å². The Morgan fingerprint density at radius 2 is 2.14 bits per heavy atom. The van der Waals surface area contributed by atoms with Crippen LogP contribution >= 0.6 is 11.3 Å². The van der Waals surface area contributed by atoms with Crippen LogP contribution in [-0.2, 0) is 0 Å². The average molecular weight is 213 g/mol. The van der Waals surface area contributed by atoms with Crippen LogP contribution in [0.3, 0.4) is 0 Å². The van der Waals surface area contributed by atoms with Gasteiger partial charge in [-0.15, -0.1) is 11.3 Å². The highest BCUT2D eigenvalue weighted by Gasteiger charge is 2.17. The number of carbonyl (C=O) groups is 2. The number of carbonyl (C=O) groups excluding carboxylic acids is 1. The van der Waals surface area contributed by atoms with Gasteiger partial charge in [0.25, 0.3) is 0 Å². The first-order chi connectivity index (χ1) is 6.56. The summed E-state index contributed by atoms with van der Waals surface area (Å²) < 4.78 is 0. The number of aryl methyl sites for hydroxylation is 1. The van der Waals surface area contributed by atoms with Crippen molar-refractivity contribution in [2.45, 2.75) is 26.7 Å². The molecular formula is C9H11NO3S. The van der Waals surface area contributed by atoms with Crippen LogP contribution in [-0.4, -0.2) is 21.8 Å². The van der Waals surface area contributed by atoms with Gasteiger partial charge in [-0.1, -0.05) is 6.92 Å². The summed E-state index contributed by atoms with van der Waals surface area (Å²) in [4.78, 5) is 26.2. The Morgan fingerprint density at radius 1 is 1.50 bits per heavy atom. The average Bonchev–Trinajstić information content (AvgIpc) is 2.48. The molecule has 0 spiro atoms. The van der Waals surface area contributed by atoms with Gasteiger partial charge in [-0.25, -0.2) is 9.78 Å². The van der Waals surface area contributed by atoms with E-state index in [1.807, 2.05) is 6.92 Å². The van der Waals surface area contributed by atoms with Gasteiger partial charge in [0.2, 0.25) is 0 Å². The topological polar surface area (TPSA) is 67.3 Å². The number of Topliss-reactive ketones (excluding diaryl/α,β-unsaturated/α-hetero) is 1. The highest BCUT2D eigenvalue weighted by Crippen LogP contribution is 2.19. The molecular weight excluding hydrogens is 202 g/mol. The highest BCUT2D eigenvalue weighted by atomic mass is 32.1. The Balaban J connectivity index is 2.96. The molecule has 0 saturated carbocycles. The molecule has 0 aliphatic carbocycles. The molecule has 0 radical (unpaired) electrons. The van der Waals surface area contributed by atoms with Crippen molar-refractivity contribution < 1.29 is 14.7 Å². The van der Waals surface area contributed by atoms with Crippen LogP contribution in [0.25, 0.3) is 0 Å². The van der Waals surface area contributed by atoms with Gasteiger partial charge in [-0.2, -0.15) is 0 Å². The number of hydrogen-bond donors (Lipinski definition) is 1. The van der Waals surface area contributed by atoms with E-state index >= 15 is 0 Å². The first-order valence-corrected chi connectivity index (χ1v) is 5.11. The molecule has 0 aromatic carbocycles. The van der Waals surface area contributed by atoms with E-state index in [2.05, 4.69) is 4.98 Å². The van der Waals surface area contributed by atoms with Gasteiger partial charge in [-0.05, 0) is 13.3 Å². The van der Waals surface area contributed by atoms with Crippen LogP contribution in [0.5, 0.6) is 0 Å². The van der Waals surface area contributed by atoms with Crippen LogP contribution in [0, 0.1) is 6.92 Å². The van der Waals surface area contributed by atoms with Crippen molar-refractivity contribution in [1.29, 1.82) is 0 Å². The molecule has 1 aromatic heterocycles. The van der Waals surface area contributed by atoms with E-state index in [-0.39, 0.29) is 10.7 Å². The minimum absolute atomic E-state index is 0.0758. The lowest BCUT2D eigenvalue weighted by Gasteiger charge is -1.90. The number of aromatic carboxylic acids is 1. The van der Waals surface area contributed by atoms with Crippen molar-refractivity contribution in [3.63, 3.8) is 0 Å². The van der Waals surface area contributed by atoms with Crippen LogP contribution in [0.15, 0.2) is 0 Å². The Hall–Kier alpha value is -1.23. The minimum Gasteiger partial charge on any atom is -0.477 e. The number of carboxylic acid groups (broad SMARTS) is 1. The van der Waals surface area contributed by atoms with Crippen LogP contribution in [0.4, 0.5) is 0 Å². The standard InChI is InChI=1S/C9H11NO3S/c1-3-4-6(11)8-10-5(2)7(14-8)9(12)13/h3-4H2,1-2H3,(H,12,13). The molecule has 0 aliphatic heterocycles. The molecule has 1 aromatic rings. The van der Waals surface area contributed by atoms with E-state index in [1.54, 1.807) is 6.92 Å². The molecule has 0 amide bonds. The first-order valence-electron chi connectivity index (χ1n) is 4.30. The lowest BCUT2D eigenvalue weighted by Crippen LogP contribution is -1.96. The molecule has 0 atom stereocenters. The van der Waals surface area contributed by atoms with E-state index in [4.69, 9.17) is 5.11 Å². The third kappa shape index (κ3) is 2.17. The molecule has 0 saturated heterocycles. The predicted octanol–water partition coefficient (Wildman–Crippen LogP) is 2.13.